The van der Waals surface area contributed by atoms with Crippen LogP contribution in [0.2, 0.25) is 0 Å². The monoisotopic (exact) mass is 331 g/mol. The highest BCUT2D eigenvalue weighted by atomic mass is 32.1. The number of carbonyl (C=O) groups is 1. The number of aryl methyl sites for hydroxylation is 1. The fraction of sp³-hybridized carbons (Fsp3) is 0.625. The molecule has 1 saturated carbocycles. The molecule has 0 radical (unpaired) electrons. The normalized spacial score (nSPS) is 21.0. The molecule has 0 aromatic carbocycles. The summed E-state index contributed by atoms with van der Waals surface area (Å²) in [5, 5.41) is 10.2. The molecule has 1 unspecified atom stereocenters. The second kappa shape index (κ2) is 6.39. The average molecular weight is 331 g/mol. The minimum atomic E-state index is 0.0770. The third kappa shape index (κ3) is 3.29. The van der Waals surface area contributed by atoms with Gasteiger partial charge in [-0.1, -0.05) is 0 Å². The number of amides is 1. The molecule has 4 rings (SSSR count). The van der Waals surface area contributed by atoms with Crippen LogP contribution >= 0.6 is 11.3 Å². The Kier molecular flexibility index (Phi) is 4.11. The summed E-state index contributed by atoms with van der Waals surface area (Å²) in [4.78, 5) is 18.7. The molecule has 1 saturated heterocycles. The first-order valence-electron chi connectivity index (χ1n) is 8.37. The summed E-state index contributed by atoms with van der Waals surface area (Å²) >= 11 is 1.47. The van der Waals surface area contributed by atoms with Crippen LogP contribution in [-0.2, 0) is 13.0 Å². The second-order valence-corrected chi connectivity index (χ2v) is 7.27. The molecule has 3 heterocycles. The van der Waals surface area contributed by atoms with E-state index in [0.717, 1.165) is 50.5 Å². The van der Waals surface area contributed by atoms with Gasteiger partial charge in [0.1, 0.15) is 17.8 Å². The Morgan fingerprint density at radius 3 is 3.04 bits per heavy atom. The number of likely N-dealkylation sites (tertiary alicyclic amines) is 1. The van der Waals surface area contributed by atoms with Crippen LogP contribution in [0.5, 0.6) is 0 Å². The molecule has 1 aliphatic carbocycles. The summed E-state index contributed by atoms with van der Waals surface area (Å²) in [5.41, 5.74) is 2.30. The van der Waals surface area contributed by atoms with Crippen molar-refractivity contribution in [3.8, 4) is 0 Å². The van der Waals surface area contributed by atoms with Crippen molar-refractivity contribution >= 4 is 17.2 Å². The molecule has 2 fully saturated rings. The molecule has 0 N–H and O–H groups in total. The maximum Gasteiger partial charge on any atom is 0.273 e. The van der Waals surface area contributed by atoms with E-state index >= 15 is 0 Å². The third-order valence-electron chi connectivity index (χ3n) is 4.84. The largest absolute Gasteiger partial charge is 0.334 e. The maximum absolute atomic E-state index is 12.5. The fourth-order valence-corrected chi connectivity index (χ4v) is 3.89. The van der Waals surface area contributed by atoms with E-state index in [1.807, 2.05) is 16.6 Å². The van der Waals surface area contributed by atoms with E-state index in [0.29, 0.717) is 11.7 Å². The van der Waals surface area contributed by atoms with E-state index in [1.165, 1.54) is 24.2 Å². The summed E-state index contributed by atoms with van der Waals surface area (Å²) in [6.45, 7) is 1.89. The molecule has 1 aliphatic heterocycles. The molecular formula is C16H21N5OS. The van der Waals surface area contributed by atoms with Gasteiger partial charge in [0.15, 0.2) is 0 Å². The van der Waals surface area contributed by atoms with Crippen LogP contribution in [-0.4, -0.2) is 43.1 Å². The summed E-state index contributed by atoms with van der Waals surface area (Å²) in [7, 11) is 0. The van der Waals surface area contributed by atoms with Gasteiger partial charge in [-0.2, -0.15) is 0 Å². The Hall–Kier alpha value is -1.76. The van der Waals surface area contributed by atoms with Gasteiger partial charge < -0.3 is 9.47 Å². The molecule has 23 heavy (non-hydrogen) atoms. The minimum absolute atomic E-state index is 0.0770. The van der Waals surface area contributed by atoms with E-state index in [1.54, 1.807) is 5.51 Å². The van der Waals surface area contributed by atoms with Gasteiger partial charge in [-0.05, 0) is 38.0 Å². The molecule has 1 amide bonds. The van der Waals surface area contributed by atoms with E-state index in [2.05, 4.69) is 19.7 Å². The molecule has 2 aliphatic rings. The number of nitrogens with zero attached hydrogens (tertiary/aromatic N) is 5. The number of carbonyl (C=O) groups excluding carboxylic acids is 1. The molecule has 2 aromatic rings. The summed E-state index contributed by atoms with van der Waals surface area (Å²) in [5.74, 6) is 1.96. The number of hydrogen-bond donors (Lipinski definition) is 0. The minimum Gasteiger partial charge on any atom is -0.334 e. The van der Waals surface area contributed by atoms with Crippen molar-refractivity contribution in [2.45, 2.75) is 51.1 Å². The lowest BCUT2D eigenvalue weighted by Gasteiger charge is -2.23. The van der Waals surface area contributed by atoms with Crippen molar-refractivity contribution in [1.82, 2.24) is 24.6 Å². The van der Waals surface area contributed by atoms with Gasteiger partial charge in [0.25, 0.3) is 5.91 Å². The number of aromatic nitrogens is 4. The lowest BCUT2D eigenvalue weighted by Crippen LogP contribution is -2.36. The SMILES string of the molecule is O=C(c1cscn1)N1CCCC1CCc1nncn1CC1CC1. The van der Waals surface area contributed by atoms with Crippen LogP contribution < -0.4 is 0 Å². The highest BCUT2D eigenvalue weighted by Crippen LogP contribution is 2.31. The van der Waals surface area contributed by atoms with Crippen molar-refractivity contribution in [1.29, 1.82) is 0 Å². The van der Waals surface area contributed by atoms with Crippen LogP contribution in [0.25, 0.3) is 0 Å². The first kappa shape index (κ1) is 14.8. The molecule has 7 heteroatoms. The van der Waals surface area contributed by atoms with Crippen molar-refractivity contribution in [3.63, 3.8) is 0 Å². The van der Waals surface area contributed by atoms with Crippen LogP contribution in [0.15, 0.2) is 17.2 Å². The summed E-state index contributed by atoms with van der Waals surface area (Å²) < 4.78 is 2.19. The lowest BCUT2D eigenvalue weighted by atomic mass is 10.1. The van der Waals surface area contributed by atoms with Crippen molar-refractivity contribution in [2.24, 2.45) is 5.92 Å². The number of thiazole rings is 1. The molecule has 1 atom stereocenters. The lowest BCUT2D eigenvalue weighted by molar-refractivity contribution is 0.0725. The summed E-state index contributed by atoms with van der Waals surface area (Å²) in [6, 6.07) is 0.301. The van der Waals surface area contributed by atoms with Gasteiger partial charge in [0.05, 0.1) is 5.51 Å². The maximum atomic E-state index is 12.5. The van der Waals surface area contributed by atoms with Crippen LogP contribution in [0.4, 0.5) is 0 Å². The van der Waals surface area contributed by atoms with Crippen LogP contribution in [0, 0.1) is 5.92 Å². The zero-order valence-corrected chi connectivity index (χ0v) is 13.9. The molecule has 122 valence electrons. The van der Waals surface area contributed by atoms with Crippen LogP contribution in [0.1, 0.15) is 48.4 Å². The smallest absolute Gasteiger partial charge is 0.273 e. The van der Waals surface area contributed by atoms with E-state index in [9.17, 15) is 4.79 Å². The Balaban J connectivity index is 1.38. The van der Waals surface area contributed by atoms with E-state index in [-0.39, 0.29) is 5.91 Å². The number of rotatable bonds is 6. The highest BCUT2D eigenvalue weighted by molar-refractivity contribution is 7.07. The first-order valence-corrected chi connectivity index (χ1v) is 9.31. The first-order chi connectivity index (χ1) is 11.3. The van der Waals surface area contributed by atoms with Crippen LogP contribution in [0.3, 0.4) is 0 Å². The molecule has 0 bridgehead atoms. The summed E-state index contributed by atoms with van der Waals surface area (Å²) in [6.07, 6.45) is 8.51. The second-order valence-electron chi connectivity index (χ2n) is 6.55. The van der Waals surface area contributed by atoms with E-state index in [4.69, 9.17) is 0 Å². The fourth-order valence-electron chi connectivity index (χ4n) is 3.37. The molecule has 0 spiro atoms. The van der Waals surface area contributed by atoms with Gasteiger partial charge in [0, 0.05) is 30.9 Å². The van der Waals surface area contributed by atoms with Gasteiger partial charge in [-0.3, -0.25) is 4.79 Å². The predicted molar refractivity (Wildman–Crippen MR) is 87.2 cm³/mol. The highest BCUT2D eigenvalue weighted by Gasteiger charge is 2.30. The van der Waals surface area contributed by atoms with Crippen molar-refractivity contribution in [3.05, 3.63) is 28.7 Å². The van der Waals surface area contributed by atoms with Gasteiger partial charge in [0.2, 0.25) is 0 Å². The zero-order valence-electron chi connectivity index (χ0n) is 13.1. The van der Waals surface area contributed by atoms with Gasteiger partial charge in [-0.15, -0.1) is 21.5 Å². The van der Waals surface area contributed by atoms with Gasteiger partial charge >= 0.3 is 0 Å². The average Bonchev–Trinajstić information content (AvgIpc) is 3.03. The quantitative estimate of drug-likeness (QED) is 0.815. The van der Waals surface area contributed by atoms with Crippen molar-refractivity contribution < 1.29 is 4.79 Å². The standard InChI is InChI=1S/C16H21N5OS/c22-16(14-9-23-11-17-14)21-7-1-2-13(21)5-6-15-19-18-10-20(15)8-12-3-4-12/h9-13H,1-8H2. The molecular weight excluding hydrogens is 310 g/mol. The van der Waals surface area contributed by atoms with Crippen molar-refractivity contribution in [2.75, 3.05) is 6.54 Å². The predicted octanol–water partition coefficient (Wildman–Crippen LogP) is 2.38. The molecule has 2 aromatic heterocycles. The Morgan fingerprint density at radius 2 is 2.26 bits per heavy atom. The van der Waals surface area contributed by atoms with E-state index < -0.39 is 0 Å². The zero-order chi connectivity index (χ0) is 15.6. The Bertz CT molecular complexity index is 664. The molecule has 6 nitrogen and oxygen atoms in total. The Labute approximate surface area is 139 Å². The topological polar surface area (TPSA) is 63.9 Å². The number of hydrogen-bond acceptors (Lipinski definition) is 5. The Morgan fingerprint density at radius 1 is 1.35 bits per heavy atom. The van der Waals surface area contributed by atoms with Gasteiger partial charge in [-0.25, -0.2) is 4.98 Å². The third-order valence-corrected chi connectivity index (χ3v) is 5.42.